The Hall–Kier alpha value is -3.81. The van der Waals surface area contributed by atoms with E-state index in [2.05, 4.69) is 10.4 Å². The zero-order valence-corrected chi connectivity index (χ0v) is 17.9. The normalized spacial score (nSPS) is 12.1. The van der Waals surface area contributed by atoms with E-state index in [0.29, 0.717) is 17.0 Å². The highest BCUT2D eigenvalue weighted by atomic mass is 16.5. The fraction of sp³-hybridized carbons (Fsp3) is 0.261. The second-order valence-electron chi connectivity index (χ2n) is 7.27. The fourth-order valence-electron chi connectivity index (χ4n) is 3.93. The number of carbonyl (C=O) groups is 1. The minimum absolute atomic E-state index is 0.216. The zero-order chi connectivity index (χ0) is 22.1. The monoisotopic (exact) mass is 420 g/mol. The first-order chi connectivity index (χ1) is 15.0. The van der Waals surface area contributed by atoms with Crippen molar-refractivity contribution in [1.82, 2.24) is 19.7 Å². The smallest absolute Gasteiger partial charge is 0.291 e. The van der Waals surface area contributed by atoms with Gasteiger partial charge in [0, 0.05) is 29.9 Å². The summed E-state index contributed by atoms with van der Waals surface area (Å²) in [7, 11) is 4.73. The number of hydrogen-bond donors (Lipinski definition) is 1. The van der Waals surface area contributed by atoms with Crippen molar-refractivity contribution < 1.29 is 14.3 Å². The van der Waals surface area contributed by atoms with Gasteiger partial charge < -0.3 is 19.4 Å². The summed E-state index contributed by atoms with van der Waals surface area (Å²) >= 11 is 0. The largest absolute Gasteiger partial charge is 0.493 e. The van der Waals surface area contributed by atoms with E-state index < -0.39 is 6.04 Å². The maximum absolute atomic E-state index is 13.1. The Labute approximate surface area is 179 Å². The zero-order valence-electron chi connectivity index (χ0n) is 17.9. The topological polar surface area (TPSA) is 87.4 Å². The highest BCUT2D eigenvalue weighted by molar-refractivity contribution is 6.08. The summed E-state index contributed by atoms with van der Waals surface area (Å²) in [5.74, 6) is 0.960. The molecule has 4 aromatic rings. The van der Waals surface area contributed by atoms with Crippen LogP contribution in [-0.2, 0) is 18.4 Å². The van der Waals surface area contributed by atoms with Gasteiger partial charge in [0.05, 0.1) is 25.9 Å². The molecule has 1 atom stereocenters. The summed E-state index contributed by atoms with van der Waals surface area (Å²) in [6.45, 7) is 2.05. The van der Waals surface area contributed by atoms with Gasteiger partial charge in [-0.05, 0) is 19.1 Å². The molecule has 2 aromatic heterocycles. The summed E-state index contributed by atoms with van der Waals surface area (Å²) in [6, 6.07) is 12.5. The molecule has 0 aliphatic heterocycles. The van der Waals surface area contributed by atoms with E-state index in [1.807, 2.05) is 36.4 Å². The van der Waals surface area contributed by atoms with Gasteiger partial charge in [0.2, 0.25) is 5.91 Å². The molecule has 1 unspecified atom stereocenters. The van der Waals surface area contributed by atoms with Crippen molar-refractivity contribution in [3.63, 3.8) is 0 Å². The number of hydrogen-bond acceptors (Lipinski definition) is 5. The van der Waals surface area contributed by atoms with E-state index in [1.54, 1.807) is 45.0 Å². The molecule has 31 heavy (non-hydrogen) atoms. The first kappa shape index (κ1) is 20.5. The molecule has 1 amide bonds. The van der Waals surface area contributed by atoms with Crippen LogP contribution < -0.4 is 20.3 Å². The van der Waals surface area contributed by atoms with Gasteiger partial charge >= 0.3 is 0 Å². The third kappa shape index (κ3) is 3.39. The molecule has 0 bridgehead atoms. The van der Waals surface area contributed by atoms with Crippen molar-refractivity contribution in [1.29, 1.82) is 0 Å². The molecule has 0 saturated carbocycles. The summed E-state index contributed by atoms with van der Waals surface area (Å²) in [5.41, 5.74) is 1.82. The second kappa shape index (κ2) is 8.14. The molecular formula is C23H24N4O4. The summed E-state index contributed by atoms with van der Waals surface area (Å²) < 4.78 is 13.8. The average Bonchev–Trinajstić information content (AvgIpc) is 3.13. The minimum atomic E-state index is -0.617. The first-order valence-corrected chi connectivity index (χ1v) is 9.90. The lowest BCUT2D eigenvalue weighted by Gasteiger charge is -2.18. The molecule has 2 heterocycles. The number of nitrogens with zero attached hydrogens (tertiary/aromatic N) is 3. The van der Waals surface area contributed by atoms with Crippen LogP contribution in [0.5, 0.6) is 11.5 Å². The van der Waals surface area contributed by atoms with E-state index in [1.165, 1.54) is 4.68 Å². The van der Waals surface area contributed by atoms with Gasteiger partial charge in [-0.15, -0.1) is 0 Å². The van der Waals surface area contributed by atoms with Crippen molar-refractivity contribution in [2.75, 3.05) is 14.2 Å². The molecule has 0 saturated heterocycles. The lowest BCUT2D eigenvalue weighted by atomic mass is 10.1. The maximum Gasteiger partial charge on any atom is 0.291 e. The molecule has 8 nitrogen and oxygen atoms in total. The summed E-state index contributed by atoms with van der Waals surface area (Å²) in [4.78, 5) is 26.0. The number of rotatable bonds is 6. The molecule has 1 N–H and O–H groups in total. The van der Waals surface area contributed by atoms with Crippen LogP contribution in [0.15, 0.2) is 53.5 Å². The van der Waals surface area contributed by atoms with Crippen LogP contribution in [-0.4, -0.2) is 34.5 Å². The molecule has 160 valence electrons. The molecule has 4 rings (SSSR count). The van der Waals surface area contributed by atoms with Crippen molar-refractivity contribution in [2.45, 2.75) is 19.5 Å². The summed E-state index contributed by atoms with van der Waals surface area (Å²) in [5, 5.41) is 8.72. The molecule has 0 radical (unpaired) electrons. The Balaban J connectivity index is 1.72. The van der Waals surface area contributed by atoms with Crippen LogP contribution in [0.25, 0.3) is 21.8 Å². The van der Waals surface area contributed by atoms with Crippen molar-refractivity contribution >= 4 is 27.7 Å². The quantitative estimate of drug-likeness (QED) is 0.518. The number of carbonyl (C=O) groups excluding carboxylic acids is 1. The van der Waals surface area contributed by atoms with Crippen LogP contribution in [0.1, 0.15) is 18.5 Å². The Morgan fingerprint density at radius 3 is 2.61 bits per heavy atom. The maximum atomic E-state index is 13.1. The van der Waals surface area contributed by atoms with Crippen LogP contribution in [0, 0.1) is 0 Å². The molecule has 0 spiro atoms. The molecular weight excluding hydrogens is 396 g/mol. The van der Waals surface area contributed by atoms with E-state index >= 15 is 0 Å². The van der Waals surface area contributed by atoms with Gasteiger partial charge in [-0.1, -0.05) is 30.3 Å². The summed E-state index contributed by atoms with van der Waals surface area (Å²) in [6.07, 6.45) is 1.67. The Bertz CT molecular complexity index is 1340. The number of amides is 1. The van der Waals surface area contributed by atoms with Gasteiger partial charge in [0.15, 0.2) is 11.5 Å². The lowest BCUT2D eigenvalue weighted by molar-refractivity contribution is -0.123. The highest BCUT2D eigenvalue weighted by Crippen LogP contribution is 2.31. The van der Waals surface area contributed by atoms with Crippen LogP contribution in [0.4, 0.5) is 0 Å². The standard InChI is InChI=1S/C23H24N4O4/c1-14(22(28)24-12-15-8-7-11-19(30-3)21(15)31-4)27-18-10-6-5-9-16(18)17-13-25-26(2)23(29)20(17)27/h5-11,13-14H,12H2,1-4H3,(H,24,28). The molecule has 0 aliphatic rings. The van der Waals surface area contributed by atoms with Crippen molar-refractivity contribution in [3.05, 3.63) is 64.6 Å². The number of fused-ring (bicyclic) bond motifs is 3. The van der Waals surface area contributed by atoms with Crippen LogP contribution in [0.2, 0.25) is 0 Å². The van der Waals surface area contributed by atoms with E-state index in [0.717, 1.165) is 21.9 Å². The predicted molar refractivity (Wildman–Crippen MR) is 119 cm³/mol. The van der Waals surface area contributed by atoms with Crippen LogP contribution in [0.3, 0.4) is 0 Å². The Morgan fingerprint density at radius 1 is 1.10 bits per heavy atom. The van der Waals surface area contributed by atoms with Gasteiger partial charge in [-0.2, -0.15) is 5.10 Å². The Kier molecular flexibility index (Phi) is 5.37. The predicted octanol–water partition coefficient (Wildman–Crippen LogP) is 2.78. The van der Waals surface area contributed by atoms with Gasteiger partial charge in [-0.3, -0.25) is 9.59 Å². The number of aromatic nitrogens is 3. The van der Waals surface area contributed by atoms with E-state index in [9.17, 15) is 9.59 Å². The van der Waals surface area contributed by atoms with Crippen molar-refractivity contribution in [3.8, 4) is 11.5 Å². The van der Waals surface area contributed by atoms with Crippen LogP contribution >= 0.6 is 0 Å². The lowest BCUT2D eigenvalue weighted by Crippen LogP contribution is -2.32. The number of benzene rings is 2. The van der Waals surface area contributed by atoms with Crippen molar-refractivity contribution in [2.24, 2.45) is 7.05 Å². The fourth-order valence-corrected chi connectivity index (χ4v) is 3.93. The number of nitrogens with one attached hydrogen (secondary N) is 1. The van der Waals surface area contributed by atoms with E-state index in [-0.39, 0.29) is 18.0 Å². The number of para-hydroxylation sites is 2. The Morgan fingerprint density at radius 2 is 1.87 bits per heavy atom. The molecule has 0 fully saturated rings. The third-order valence-electron chi connectivity index (χ3n) is 5.51. The van der Waals surface area contributed by atoms with Gasteiger partial charge in [0.25, 0.3) is 5.56 Å². The number of methoxy groups -OCH3 is 2. The second-order valence-corrected chi connectivity index (χ2v) is 7.27. The first-order valence-electron chi connectivity index (χ1n) is 9.90. The average molecular weight is 420 g/mol. The molecule has 8 heteroatoms. The molecule has 2 aromatic carbocycles. The number of ether oxygens (including phenoxy) is 2. The highest BCUT2D eigenvalue weighted by Gasteiger charge is 2.23. The SMILES string of the molecule is COc1cccc(CNC(=O)C(C)n2c3ccccc3c3cnn(C)c(=O)c32)c1OC. The molecule has 0 aliphatic carbocycles. The van der Waals surface area contributed by atoms with Gasteiger partial charge in [-0.25, -0.2) is 4.68 Å². The van der Waals surface area contributed by atoms with E-state index in [4.69, 9.17) is 9.47 Å². The number of aryl methyl sites for hydroxylation is 1. The van der Waals surface area contributed by atoms with Gasteiger partial charge in [0.1, 0.15) is 11.6 Å². The third-order valence-corrected chi connectivity index (χ3v) is 5.51. The minimum Gasteiger partial charge on any atom is -0.493 e.